The molecule has 0 aliphatic heterocycles. The van der Waals surface area contributed by atoms with Crippen LogP contribution in [0.15, 0.2) is 36.4 Å². The fraction of sp³-hybridized carbons (Fsp3) is 0.312. The van der Waals surface area contributed by atoms with E-state index in [1.54, 1.807) is 13.0 Å². The zero-order valence-electron chi connectivity index (χ0n) is 12.0. The largest absolute Gasteiger partial charge is 0.464 e. The van der Waals surface area contributed by atoms with Gasteiger partial charge in [-0.1, -0.05) is 36.4 Å². The van der Waals surface area contributed by atoms with Gasteiger partial charge in [-0.3, -0.25) is 0 Å². The zero-order chi connectivity index (χ0) is 14.7. The Morgan fingerprint density at radius 1 is 1.24 bits per heavy atom. The highest BCUT2D eigenvalue weighted by atomic mass is 35.5. The number of aryl methyl sites for hydroxylation is 1. The summed E-state index contributed by atoms with van der Waals surface area (Å²) in [5.41, 5.74) is 7.61. The van der Waals surface area contributed by atoms with Gasteiger partial charge in [0, 0.05) is 0 Å². The first-order chi connectivity index (χ1) is 9.56. The van der Waals surface area contributed by atoms with Gasteiger partial charge in [0.2, 0.25) is 6.17 Å². The minimum atomic E-state index is -1.86. The molecule has 0 spiro atoms. The number of hydrogen-bond acceptors (Lipinski definition) is 3. The van der Waals surface area contributed by atoms with E-state index >= 15 is 0 Å². The van der Waals surface area contributed by atoms with E-state index in [0.29, 0.717) is 5.56 Å². The van der Waals surface area contributed by atoms with E-state index in [4.69, 9.17) is 5.73 Å². The molecular weight excluding hydrogens is 293 g/mol. The quantitative estimate of drug-likeness (QED) is 0.880. The molecule has 5 heteroatoms. The predicted octanol–water partition coefficient (Wildman–Crippen LogP) is 3.47. The first-order valence-corrected chi connectivity index (χ1v) is 6.60. The Hall–Kier alpha value is -1.65. The van der Waals surface area contributed by atoms with Crippen LogP contribution in [-0.4, -0.2) is 18.7 Å². The number of halogens is 2. The lowest BCUT2D eigenvalue weighted by Gasteiger charge is -2.18. The summed E-state index contributed by atoms with van der Waals surface area (Å²) in [6.07, 6.45) is -1.86. The van der Waals surface area contributed by atoms with E-state index in [0.717, 1.165) is 16.3 Å². The Kier molecular flexibility index (Phi) is 6.12. The molecule has 2 aromatic carbocycles. The molecule has 1 unspecified atom stereocenters. The van der Waals surface area contributed by atoms with Crippen molar-refractivity contribution in [3.8, 4) is 0 Å². The van der Waals surface area contributed by atoms with Crippen molar-refractivity contribution < 1.29 is 13.9 Å². The predicted molar refractivity (Wildman–Crippen MR) is 84.4 cm³/mol. The molecule has 2 rings (SSSR count). The Labute approximate surface area is 129 Å². The maximum Gasteiger partial charge on any atom is 0.342 e. The van der Waals surface area contributed by atoms with Crippen molar-refractivity contribution in [2.75, 3.05) is 6.61 Å². The molecule has 0 saturated carbocycles. The summed E-state index contributed by atoms with van der Waals surface area (Å²) in [5.74, 6) is -0.912. The molecule has 21 heavy (non-hydrogen) atoms. The lowest BCUT2D eigenvalue weighted by molar-refractivity contribution is -0.149. The highest BCUT2D eigenvalue weighted by Crippen LogP contribution is 2.28. The van der Waals surface area contributed by atoms with Crippen molar-refractivity contribution >= 4 is 29.1 Å². The fourth-order valence-electron chi connectivity index (χ4n) is 2.29. The van der Waals surface area contributed by atoms with Gasteiger partial charge in [-0.2, -0.15) is 0 Å². The molecule has 0 heterocycles. The maximum atomic E-state index is 14.1. The van der Waals surface area contributed by atoms with Crippen LogP contribution in [0.4, 0.5) is 4.39 Å². The molecule has 0 radical (unpaired) electrons. The molecule has 0 bridgehead atoms. The molecule has 0 aromatic heterocycles. The van der Waals surface area contributed by atoms with E-state index in [-0.39, 0.29) is 19.0 Å². The summed E-state index contributed by atoms with van der Waals surface area (Å²) < 4.78 is 18.8. The molecular formula is C16H19ClFNO2. The maximum absolute atomic E-state index is 14.1. The molecule has 2 N–H and O–H groups in total. The number of rotatable bonds is 4. The van der Waals surface area contributed by atoms with Crippen LogP contribution in [0.2, 0.25) is 0 Å². The molecule has 0 amide bonds. The highest BCUT2D eigenvalue weighted by Gasteiger charge is 2.28. The summed E-state index contributed by atoms with van der Waals surface area (Å²) in [5, 5.41) is 1.88. The number of carbonyl (C=O) groups excluding carboxylic acids is 1. The second-order valence-electron chi connectivity index (χ2n) is 4.70. The molecule has 0 aliphatic carbocycles. The number of esters is 1. The Morgan fingerprint density at radius 2 is 1.86 bits per heavy atom. The third-order valence-electron chi connectivity index (χ3n) is 3.36. The lowest BCUT2D eigenvalue weighted by Crippen LogP contribution is -2.31. The van der Waals surface area contributed by atoms with Gasteiger partial charge < -0.3 is 10.5 Å². The van der Waals surface area contributed by atoms with Crippen molar-refractivity contribution in [3.05, 3.63) is 47.5 Å². The molecule has 0 aliphatic rings. The number of fused-ring (bicyclic) bond motifs is 1. The minimum absolute atomic E-state index is 0. The van der Waals surface area contributed by atoms with Crippen LogP contribution in [-0.2, 0) is 9.53 Å². The van der Waals surface area contributed by atoms with Gasteiger partial charge in [-0.05, 0) is 35.7 Å². The first kappa shape index (κ1) is 17.4. The second-order valence-corrected chi connectivity index (χ2v) is 4.70. The normalized spacial score (nSPS) is 13.3. The number of carbonyl (C=O) groups is 1. The van der Waals surface area contributed by atoms with Gasteiger partial charge in [0.05, 0.1) is 12.6 Å². The van der Waals surface area contributed by atoms with Crippen LogP contribution in [0.25, 0.3) is 10.8 Å². The summed E-state index contributed by atoms with van der Waals surface area (Å²) in [6.45, 7) is 3.76. The van der Waals surface area contributed by atoms with Crippen molar-refractivity contribution in [2.45, 2.75) is 26.1 Å². The standard InChI is InChI=1S/C16H18FNO2.ClH/c1-3-20-16(19)14(17)15(18)13-9-8-10(2)11-6-4-5-7-12(11)13;/h4-9,14-15H,3,18H2,1-2H3;1H/t14?,15-;/m0./s1. The van der Waals surface area contributed by atoms with Crippen LogP contribution in [0.1, 0.15) is 24.1 Å². The fourth-order valence-corrected chi connectivity index (χ4v) is 2.29. The van der Waals surface area contributed by atoms with Crippen molar-refractivity contribution in [1.82, 2.24) is 0 Å². The van der Waals surface area contributed by atoms with E-state index in [9.17, 15) is 9.18 Å². The van der Waals surface area contributed by atoms with Gasteiger partial charge in [-0.25, -0.2) is 9.18 Å². The molecule has 2 atom stereocenters. The number of hydrogen-bond donors (Lipinski definition) is 1. The van der Waals surface area contributed by atoms with Crippen molar-refractivity contribution in [2.24, 2.45) is 5.73 Å². The van der Waals surface area contributed by atoms with Crippen molar-refractivity contribution in [3.63, 3.8) is 0 Å². The number of nitrogens with two attached hydrogens (primary N) is 1. The van der Waals surface area contributed by atoms with Crippen LogP contribution in [0, 0.1) is 6.92 Å². The van der Waals surface area contributed by atoms with E-state index in [1.807, 2.05) is 37.3 Å². The third kappa shape index (κ3) is 3.52. The van der Waals surface area contributed by atoms with Gasteiger partial charge in [0.1, 0.15) is 0 Å². The van der Waals surface area contributed by atoms with Gasteiger partial charge >= 0.3 is 5.97 Å². The molecule has 0 fully saturated rings. The lowest BCUT2D eigenvalue weighted by atomic mass is 9.94. The molecule has 2 aromatic rings. The summed E-state index contributed by atoms with van der Waals surface area (Å²) in [7, 11) is 0. The summed E-state index contributed by atoms with van der Waals surface area (Å²) >= 11 is 0. The molecule has 114 valence electrons. The SMILES string of the molecule is CCOC(=O)C(F)[C@@H](N)c1ccc(C)c2ccccc12.Cl. The average Bonchev–Trinajstić information content (AvgIpc) is 2.47. The topological polar surface area (TPSA) is 52.3 Å². The Balaban J connectivity index is 0.00000220. The monoisotopic (exact) mass is 311 g/mol. The molecule has 0 saturated heterocycles. The zero-order valence-corrected chi connectivity index (χ0v) is 12.8. The molecule has 3 nitrogen and oxygen atoms in total. The highest BCUT2D eigenvalue weighted by molar-refractivity contribution is 5.89. The van der Waals surface area contributed by atoms with Crippen LogP contribution in [0.3, 0.4) is 0 Å². The van der Waals surface area contributed by atoms with Gasteiger partial charge in [0.25, 0.3) is 0 Å². The van der Waals surface area contributed by atoms with Crippen molar-refractivity contribution in [1.29, 1.82) is 0 Å². The Bertz CT molecular complexity index is 633. The number of benzene rings is 2. The van der Waals surface area contributed by atoms with Crippen LogP contribution >= 0.6 is 12.4 Å². The van der Waals surface area contributed by atoms with Gasteiger partial charge in [-0.15, -0.1) is 12.4 Å². The number of alkyl halides is 1. The van der Waals surface area contributed by atoms with Gasteiger partial charge in [0.15, 0.2) is 0 Å². The number of ether oxygens (including phenoxy) is 1. The summed E-state index contributed by atoms with van der Waals surface area (Å²) in [6, 6.07) is 10.3. The van der Waals surface area contributed by atoms with E-state index < -0.39 is 18.2 Å². The van der Waals surface area contributed by atoms with E-state index in [1.165, 1.54) is 0 Å². The first-order valence-electron chi connectivity index (χ1n) is 6.60. The third-order valence-corrected chi connectivity index (χ3v) is 3.36. The minimum Gasteiger partial charge on any atom is -0.464 e. The Morgan fingerprint density at radius 3 is 2.48 bits per heavy atom. The smallest absolute Gasteiger partial charge is 0.342 e. The van der Waals surface area contributed by atoms with Crippen LogP contribution < -0.4 is 5.73 Å². The second kappa shape index (κ2) is 7.38. The summed E-state index contributed by atoms with van der Waals surface area (Å²) in [4.78, 5) is 11.5. The average molecular weight is 312 g/mol. The van der Waals surface area contributed by atoms with Crippen LogP contribution in [0.5, 0.6) is 0 Å². The van der Waals surface area contributed by atoms with E-state index in [2.05, 4.69) is 4.74 Å².